The fourth-order valence-electron chi connectivity index (χ4n) is 2.12. The molecule has 0 radical (unpaired) electrons. The van der Waals surface area contributed by atoms with E-state index in [1.807, 2.05) is 7.05 Å². The Balaban J connectivity index is 2.07. The first kappa shape index (κ1) is 13.4. The quantitative estimate of drug-likeness (QED) is 0.659. The van der Waals surface area contributed by atoms with E-state index in [0.717, 1.165) is 31.6 Å². The number of hydrogen-bond donors (Lipinski definition) is 1. The van der Waals surface area contributed by atoms with Gasteiger partial charge in [0.2, 0.25) is 5.82 Å². The van der Waals surface area contributed by atoms with Gasteiger partial charge in [-0.1, -0.05) is 0 Å². The van der Waals surface area contributed by atoms with Crippen LogP contribution in [0.25, 0.3) is 0 Å². The Bertz CT molecular complexity index is 521. The number of benzene rings is 1. The first-order valence-corrected chi connectivity index (χ1v) is 5.90. The Labute approximate surface area is 109 Å². The average Bonchev–Trinajstić information content (AvgIpc) is 2.74. The van der Waals surface area contributed by atoms with Gasteiger partial charge in [-0.25, -0.2) is 0 Å². The number of carbonyl (C=O) groups excluding carboxylic acids is 1. The van der Waals surface area contributed by atoms with Gasteiger partial charge in [-0.05, 0) is 32.1 Å². The topological polar surface area (TPSA) is 75.5 Å². The zero-order chi connectivity index (χ0) is 14.0. The van der Waals surface area contributed by atoms with Gasteiger partial charge in [0.05, 0.1) is 4.92 Å². The maximum absolute atomic E-state index is 13.4. The summed E-state index contributed by atoms with van der Waals surface area (Å²) in [5.74, 6) is -1.41. The third kappa shape index (κ3) is 3.05. The molecule has 1 heterocycles. The smallest absolute Gasteiger partial charge is 0.304 e. The summed E-state index contributed by atoms with van der Waals surface area (Å²) < 4.78 is 13.4. The van der Waals surface area contributed by atoms with Crippen molar-refractivity contribution in [3.8, 4) is 0 Å². The van der Waals surface area contributed by atoms with Crippen LogP contribution in [0.4, 0.5) is 10.1 Å². The first-order chi connectivity index (χ1) is 8.97. The van der Waals surface area contributed by atoms with Crippen molar-refractivity contribution < 1.29 is 14.1 Å². The van der Waals surface area contributed by atoms with Gasteiger partial charge in [-0.2, -0.15) is 4.39 Å². The lowest BCUT2D eigenvalue weighted by atomic mass is 10.1. The molecular weight excluding hydrogens is 253 g/mol. The van der Waals surface area contributed by atoms with Crippen LogP contribution in [0.15, 0.2) is 18.2 Å². The molecule has 0 spiro atoms. The molecule has 0 aromatic heterocycles. The zero-order valence-electron chi connectivity index (χ0n) is 10.4. The van der Waals surface area contributed by atoms with Crippen LogP contribution in [0, 0.1) is 15.9 Å². The normalized spacial score (nSPS) is 19.4. The van der Waals surface area contributed by atoms with Crippen molar-refractivity contribution in [2.75, 3.05) is 20.1 Å². The first-order valence-electron chi connectivity index (χ1n) is 5.90. The highest BCUT2D eigenvalue weighted by molar-refractivity contribution is 5.94. The second kappa shape index (κ2) is 5.31. The molecule has 1 amide bonds. The molecule has 6 nitrogen and oxygen atoms in total. The van der Waals surface area contributed by atoms with Gasteiger partial charge < -0.3 is 10.2 Å². The Morgan fingerprint density at radius 1 is 1.58 bits per heavy atom. The van der Waals surface area contributed by atoms with E-state index in [-0.39, 0.29) is 11.6 Å². The lowest BCUT2D eigenvalue weighted by molar-refractivity contribution is -0.387. The summed E-state index contributed by atoms with van der Waals surface area (Å²) in [5, 5.41) is 13.3. The Kier molecular flexibility index (Phi) is 3.75. The number of rotatable bonds is 3. The van der Waals surface area contributed by atoms with E-state index < -0.39 is 22.3 Å². The fourth-order valence-corrected chi connectivity index (χ4v) is 2.12. The number of hydrogen-bond acceptors (Lipinski definition) is 4. The van der Waals surface area contributed by atoms with Crippen LogP contribution >= 0.6 is 0 Å². The number of nitrogens with one attached hydrogen (secondary N) is 1. The van der Waals surface area contributed by atoms with E-state index >= 15 is 0 Å². The minimum absolute atomic E-state index is 0.0377. The highest BCUT2D eigenvalue weighted by Gasteiger charge is 2.23. The number of nitro groups is 1. The van der Waals surface area contributed by atoms with Crippen LogP contribution in [-0.2, 0) is 0 Å². The summed E-state index contributed by atoms with van der Waals surface area (Å²) in [4.78, 5) is 23.6. The Hall–Kier alpha value is -2.02. The monoisotopic (exact) mass is 267 g/mol. The van der Waals surface area contributed by atoms with Crippen molar-refractivity contribution in [2.45, 2.75) is 12.5 Å². The van der Waals surface area contributed by atoms with Crippen molar-refractivity contribution in [2.24, 2.45) is 0 Å². The number of amides is 1. The number of likely N-dealkylation sites (tertiary alicyclic amines) is 1. The Morgan fingerprint density at radius 3 is 2.84 bits per heavy atom. The van der Waals surface area contributed by atoms with Gasteiger partial charge in [-0.3, -0.25) is 14.9 Å². The lowest BCUT2D eigenvalue weighted by Crippen LogP contribution is -2.36. The van der Waals surface area contributed by atoms with Gasteiger partial charge in [-0.15, -0.1) is 0 Å². The standard InChI is InChI=1S/C12H14FN3O3/c1-15-5-4-9(7-15)14-12(17)8-2-3-11(16(18)19)10(13)6-8/h2-3,6,9H,4-5,7H2,1H3,(H,14,17). The zero-order valence-corrected chi connectivity index (χ0v) is 10.4. The van der Waals surface area contributed by atoms with Crippen molar-refractivity contribution in [3.63, 3.8) is 0 Å². The highest BCUT2D eigenvalue weighted by atomic mass is 19.1. The van der Waals surface area contributed by atoms with Crippen LogP contribution < -0.4 is 5.32 Å². The number of carbonyl (C=O) groups is 1. The molecule has 0 aliphatic carbocycles. The van der Waals surface area contributed by atoms with Crippen LogP contribution in [0.2, 0.25) is 0 Å². The maximum Gasteiger partial charge on any atom is 0.304 e. The third-order valence-corrected chi connectivity index (χ3v) is 3.13. The van der Waals surface area contributed by atoms with Crippen LogP contribution in [-0.4, -0.2) is 41.9 Å². The van der Waals surface area contributed by atoms with Gasteiger partial charge in [0.15, 0.2) is 0 Å². The molecule has 1 aromatic carbocycles. The molecule has 1 aliphatic heterocycles. The van der Waals surface area contributed by atoms with E-state index in [0.29, 0.717) is 0 Å². The number of nitrogens with zero attached hydrogens (tertiary/aromatic N) is 2. The summed E-state index contributed by atoms with van der Waals surface area (Å²) in [6.45, 7) is 1.65. The maximum atomic E-state index is 13.4. The molecule has 1 aromatic rings. The summed E-state index contributed by atoms with van der Waals surface area (Å²) in [5.41, 5.74) is -0.533. The fraction of sp³-hybridized carbons (Fsp3) is 0.417. The summed E-state index contributed by atoms with van der Waals surface area (Å²) in [6, 6.07) is 3.20. The average molecular weight is 267 g/mol. The molecule has 19 heavy (non-hydrogen) atoms. The summed E-state index contributed by atoms with van der Waals surface area (Å²) in [6.07, 6.45) is 0.845. The van der Waals surface area contributed by atoms with Crippen molar-refractivity contribution in [3.05, 3.63) is 39.7 Å². The molecule has 1 unspecified atom stereocenters. The van der Waals surface area contributed by atoms with Crippen LogP contribution in [0.3, 0.4) is 0 Å². The highest BCUT2D eigenvalue weighted by Crippen LogP contribution is 2.18. The van der Waals surface area contributed by atoms with Gasteiger partial charge in [0.25, 0.3) is 5.91 Å². The molecule has 7 heteroatoms. The Morgan fingerprint density at radius 2 is 2.32 bits per heavy atom. The van der Waals surface area contributed by atoms with Crippen molar-refractivity contribution >= 4 is 11.6 Å². The predicted octanol–water partition coefficient (Wildman–Crippen LogP) is 1.17. The van der Waals surface area contributed by atoms with Gasteiger partial charge in [0, 0.05) is 24.2 Å². The minimum Gasteiger partial charge on any atom is -0.348 e. The largest absolute Gasteiger partial charge is 0.348 e. The second-order valence-corrected chi connectivity index (χ2v) is 4.64. The van der Waals surface area contributed by atoms with Crippen LogP contribution in [0.5, 0.6) is 0 Å². The molecular formula is C12H14FN3O3. The molecule has 1 aliphatic rings. The molecule has 1 atom stereocenters. The summed E-state index contributed by atoms with van der Waals surface area (Å²) in [7, 11) is 1.96. The molecule has 0 saturated carbocycles. The van der Waals surface area contributed by atoms with E-state index in [2.05, 4.69) is 10.2 Å². The number of halogens is 1. The van der Waals surface area contributed by atoms with E-state index in [1.54, 1.807) is 0 Å². The van der Waals surface area contributed by atoms with E-state index in [1.165, 1.54) is 6.07 Å². The van der Waals surface area contributed by atoms with Gasteiger partial charge >= 0.3 is 5.69 Å². The molecule has 1 saturated heterocycles. The van der Waals surface area contributed by atoms with Crippen molar-refractivity contribution in [1.29, 1.82) is 0 Å². The molecule has 1 fully saturated rings. The SMILES string of the molecule is CN1CCC(NC(=O)c2ccc([N+](=O)[O-])c(F)c2)C1. The molecule has 1 N–H and O–H groups in total. The second-order valence-electron chi connectivity index (χ2n) is 4.64. The van der Waals surface area contributed by atoms with Gasteiger partial charge in [0.1, 0.15) is 0 Å². The van der Waals surface area contributed by atoms with E-state index in [9.17, 15) is 19.3 Å². The van der Waals surface area contributed by atoms with Crippen LogP contribution in [0.1, 0.15) is 16.8 Å². The minimum atomic E-state index is -0.999. The lowest BCUT2D eigenvalue weighted by Gasteiger charge is -2.12. The van der Waals surface area contributed by atoms with Crippen molar-refractivity contribution in [1.82, 2.24) is 10.2 Å². The molecule has 0 bridgehead atoms. The summed E-state index contributed by atoms with van der Waals surface area (Å²) >= 11 is 0. The molecule has 2 rings (SSSR count). The molecule has 102 valence electrons. The number of likely N-dealkylation sites (N-methyl/N-ethyl adjacent to an activating group) is 1. The number of nitro benzene ring substituents is 1. The predicted molar refractivity (Wildman–Crippen MR) is 66.4 cm³/mol. The van der Waals surface area contributed by atoms with E-state index in [4.69, 9.17) is 0 Å². The third-order valence-electron chi connectivity index (χ3n) is 3.13.